The van der Waals surface area contributed by atoms with Gasteiger partial charge in [-0.1, -0.05) is 11.2 Å². The lowest BCUT2D eigenvalue weighted by Crippen LogP contribution is -2.41. The number of aromatic nitrogens is 2. The van der Waals surface area contributed by atoms with Gasteiger partial charge in [0.15, 0.2) is 6.10 Å². The van der Waals surface area contributed by atoms with Gasteiger partial charge in [-0.25, -0.2) is 22.5 Å². The topological polar surface area (TPSA) is 101 Å². The zero-order valence-corrected chi connectivity index (χ0v) is 21.1. The monoisotopic (exact) mass is 559 g/mol. The molecule has 0 saturated carbocycles. The van der Waals surface area contributed by atoms with E-state index in [1.165, 1.54) is 29.5 Å². The average Bonchev–Trinajstić information content (AvgIpc) is 3.60. The molecule has 2 aromatic heterocycles. The van der Waals surface area contributed by atoms with Gasteiger partial charge < -0.3 is 14.3 Å². The summed E-state index contributed by atoms with van der Waals surface area (Å²) in [5, 5.41) is 15.7. The molecule has 0 aliphatic carbocycles. The molecule has 1 fully saturated rings. The molecule has 3 aromatic rings. The second kappa shape index (κ2) is 11.0. The van der Waals surface area contributed by atoms with Gasteiger partial charge >= 0.3 is 0 Å². The second-order valence-electron chi connectivity index (χ2n) is 9.23. The van der Waals surface area contributed by atoms with Crippen molar-refractivity contribution in [3.8, 4) is 6.07 Å². The first-order chi connectivity index (χ1) is 18.7. The van der Waals surface area contributed by atoms with Crippen LogP contribution in [0.15, 0.2) is 45.8 Å². The molecule has 13 heteroatoms. The summed E-state index contributed by atoms with van der Waals surface area (Å²) >= 11 is 1.42. The highest BCUT2D eigenvalue weighted by Crippen LogP contribution is 2.35. The van der Waals surface area contributed by atoms with E-state index in [-0.39, 0.29) is 23.5 Å². The molecule has 1 amide bonds. The summed E-state index contributed by atoms with van der Waals surface area (Å²) in [6, 6.07) is 6.18. The van der Waals surface area contributed by atoms with E-state index in [4.69, 9.17) is 10.1 Å². The number of benzene rings is 1. The fourth-order valence-electron chi connectivity index (χ4n) is 4.72. The van der Waals surface area contributed by atoms with Gasteiger partial charge in [-0.05, 0) is 31.0 Å². The van der Waals surface area contributed by atoms with Gasteiger partial charge in [0.1, 0.15) is 30.0 Å². The number of hydrogen-bond donors (Lipinski definition) is 0. The van der Waals surface area contributed by atoms with Gasteiger partial charge in [0.05, 0.1) is 27.4 Å². The molecule has 0 bridgehead atoms. The Labute approximate surface area is 223 Å². The highest BCUT2D eigenvalue weighted by molar-refractivity contribution is 7.10. The molecule has 1 saturated heterocycles. The third-order valence-electron chi connectivity index (χ3n) is 6.79. The molecule has 1 atom stereocenters. The van der Waals surface area contributed by atoms with Crippen LogP contribution in [0.25, 0.3) is 0 Å². The number of piperidine rings is 1. The highest BCUT2D eigenvalue weighted by Gasteiger charge is 2.31. The lowest BCUT2D eigenvalue weighted by atomic mass is 9.97. The van der Waals surface area contributed by atoms with E-state index < -0.39 is 47.7 Å². The van der Waals surface area contributed by atoms with E-state index in [2.05, 4.69) is 10.1 Å². The van der Waals surface area contributed by atoms with Gasteiger partial charge in [0.25, 0.3) is 12.0 Å². The lowest BCUT2D eigenvalue weighted by molar-refractivity contribution is -0.133. The maximum atomic E-state index is 14.1. The molecule has 0 spiro atoms. The fourth-order valence-corrected chi connectivity index (χ4v) is 5.73. The molecule has 5 rings (SSSR count). The first-order valence-corrected chi connectivity index (χ1v) is 13.0. The van der Waals surface area contributed by atoms with E-state index in [1.807, 2.05) is 5.38 Å². The van der Waals surface area contributed by atoms with Gasteiger partial charge in [-0.2, -0.15) is 5.26 Å². The average molecular weight is 560 g/mol. The molecule has 8 nitrogen and oxygen atoms in total. The first kappa shape index (κ1) is 26.6. The highest BCUT2D eigenvalue weighted by atomic mass is 32.1. The number of pyridine rings is 1. The van der Waals surface area contributed by atoms with Crippen LogP contribution in [0.4, 0.5) is 17.6 Å². The van der Waals surface area contributed by atoms with Crippen LogP contribution in [0.5, 0.6) is 0 Å². The number of rotatable bonds is 6. The van der Waals surface area contributed by atoms with Crippen LogP contribution >= 0.6 is 11.3 Å². The zero-order chi connectivity index (χ0) is 27.7. The van der Waals surface area contributed by atoms with E-state index in [1.54, 1.807) is 11.0 Å². The van der Waals surface area contributed by atoms with Crippen molar-refractivity contribution in [1.82, 2.24) is 14.5 Å². The number of carbonyl (C=O) groups is 1. The van der Waals surface area contributed by atoms with Crippen molar-refractivity contribution in [3.05, 3.63) is 85.2 Å². The van der Waals surface area contributed by atoms with Crippen LogP contribution in [0.1, 0.15) is 65.1 Å². The summed E-state index contributed by atoms with van der Waals surface area (Å²) < 4.78 is 55.5. The van der Waals surface area contributed by atoms with Crippen LogP contribution in [0.3, 0.4) is 0 Å². The predicted octanol–water partition coefficient (Wildman–Crippen LogP) is 4.66. The number of thiazole rings is 1. The second-order valence-corrected chi connectivity index (χ2v) is 10.1. The van der Waals surface area contributed by atoms with Crippen molar-refractivity contribution >= 4 is 23.0 Å². The number of carbonyl (C=O) groups excluding carboxylic acids is 1. The van der Waals surface area contributed by atoms with Crippen LogP contribution < -0.4 is 5.56 Å². The summed E-state index contributed by atoms with van der Waals surface area (Å²) in [7, 11) is 0. The van der Waals surface area contributed by atoms with E-state index in [0.29, 0.717) is 37.3 Å². The summed E-state index contributed by atoms with van der Waals surface area (Å²) in [6.45, 7) is 0.320. The number of nitriles is 1. The van der Waals surface area contributed by atoms with Crippen LogP contribution in [-0.2, 0) is 16.2 Å². The Morgan fingerprint density at radius 3 is 2.62 bits per heavy atom. The predicted molar refractivity (Wildman–Crippen MR) is 132 cm³/mol. The van der Waals surface area contributed by atoms with Gasteiger partial charge in [0.2, 0.25) is 5.91 Å². The minimum absolute atomic E-state index is 0.0607. The van der Waals surface area contributed by atoms with Crippen molar-refractivity contribution in [2.75, 3.05) is 13.1 Å². The Bertz CT molecular complexity index is 1520. The lowest BCUT2D eigenvalue weighted by Gasteiger charge is -2.31. The van der Waals surface area contributed by atoms with Crippen LogP contribution in [-0.4, -0.2) is 39.2 Å². The summed E-state index contributed by atoms with van der Waals surface area (Å²) in [6.07, 6.45) is -1.46. The fraction of sp³-hybridized carbons (Fsp3) is 0.346. The molecule has 39 heavy (non-hydrogen) atoms. The standard InChI is InChI=1S/C26H21F4N5O3S/c27-17-2-1-3-18(28)23(17)21-9-19(33-38-21)20-13-39-25(32-20)15-4-6-34(7-5-15)22(36)12-35-11-14(10-31)8-16(24(29)30)26(35)37/h1-3,8,11,13,15,21,24H,4-7,9,12H2. The van der Waals surface area contributed by atoms with Crippen molar-refractivity contribution in [2.45, 2.75) is 44.3 Å². The minimum atomic E-state index is -3.06. The molecule has 2 aliphatic rings. The molecule has 202 valence electrons. The van der Waals surface area contributed by atoms with E-state index in [0.717, 1.165) is 21.8 Å². The van der Waals surface area contributed by atoms with Crippen LogP contribution in [0.2, 0.25) is 0 Å². The van der Waals surface area contributed by atoms with Crippen molar-refractivity contribution in [2.24, 2.45) is 5.16 Å². The molecule has 0 N–H and O–H groups in total. The van der Waals surface area contributed by atoms with Gasteiger partial charge in [0, 0.05) is 37.0 Å². The number of amides is 1. The Kier molecular flexibility index (Phi) is 7.47. The summed E-state index contributed by atoms with van der Waals surface area (Å²) in [4.78, 5) is 36.6. The molecule has 4 heterocycles. The number of nitrogens with zero attached hydrogens (tertiary/aromatic N) is 5. The largest absolute Gasteiger partial charge is 0.387 e. The quantitative estimate of drug-likeness (QED) is 0.409. The number of oxime groups is 1. The molecular formula is C26H21F4N5O3S. The summed E-state index contributed by atoms with van der Waals surface area (Å²) in [5.41, 5.74) is -1.05. The number of alkyl halides is 2. The first-order valence-electron chi connectivity index (χ1n) is 12.1. The third-order valence-corrected chi connectivity index (χ3v) is 7.80. The maximum absolute atomic E-state index is 14.1. The van der Waals surface area contributed by atoms with Gasteiger partial charge in [-0.3, -0.25) is 9.59 Å². The maximum Gasteiger partial charge on any atom is 0.269 e. The molecular weight excluding hydrogens is 538 g/mol. The molecule has 1 aromatic carbocycles. The van der Waals surface area contributed by atoms with Crippen molar-refractivity contribution < 1.29 is 27.2 Å². The van der Waals surface area contributed by atoms with Crippen LogP contribution in [0, 0.1) is 23.0 Å². The van der Waals surface area contributed by atoms with Crippen molar-refractivity contribution in [1.29, 1.82) is 5.26 Å². The number of halogens is 4. The van der Waals surface area contributed by atoms with Gasteiger partial charge in [-0.15, -0.1) is 11.3 Å². The molecule has 2 aliphatic heterocycles. The Morgan fingerprint density at radius 2 is 1.95 bits per heavy atom. The third kappa shape index (κ3) is 5.42. The Morgan fingerprint density at radius 1 is 1.23 bits per heavy atom. The van der Waals surface area contributed by atoms with Crippen molar-refractivity contribution in [3.63, 3.8) is 0 Å². The smallest absolute Gasteiger partial charge is 0.269 e. The minimum Gasteiger partial charge on any atom is -0.387 e. The molecule has 1 unspecified atom stereocenters. The molecule has 0 radical (unpaired) electrons. The van der Waals surface area contributed by atoms with E-state index >= 15 is 0 Å². The normalized spacial score (nSPS) is 17.7. The Hall–Kier alpha value is -4.05. The Balaban J connectivity index is 1.19. The number of likely N-dealkylation sites (tertiary alicyclic amines) is 1. The summed E-state index contributed by atoms with van der Waals surface area (Å²) in [5.74, 6) is -1.75. The zero-order valence-electron chi connectivity index (χ0n) is 20.3. The SMILES string of the molecule is N#Cc1cc(C(F)F)c(=O)n(CC(=O)N2CCC(c3nc(C4=NOC(c5c(F)cccc5F)C4)cs3)CC2)c1. The number of hydrogen-bond acceptors (Lipinski definition) is 7. The van der Waals surface area contributed by atoms with E-state index in [9.17, 15) is 27.2 Å².